The molecule has 0 unspecified atom stereocenters. The molecule has 0 aliphatic heterocycles. The van der Waals surface area contributed by atoms with Crippen molar-refractivity contribution in [2.24, 2.45) is 0 Å². The first-order chi connectivity index (χ1) is 6.41. The van der Waals surface area contributed by atoms with Crippen molar-refractivity contribution < 1.29 is 15.0 Å². The van der Waals surface area contributed by atoms with Crippen LogP contribution in [0.3, 0.4) is 0 Å². The van der Waals surface area contributed by atoms with Crippen LogP contribution in [0.2, 0.25) is 0 Å². The molecule has 0 spiro atoms. The van der Waals surface area contributed by atoms with E-state index in [1.165, 1.54) is 32.1 Å². The van der Waals surface area contributed by atoms with Crippen molar-refractivity contribution in [1.29, 1.82) is 0 Å². The SMILES string of the molecule is CCCCCC/C=C/C=C/C=[C]=[Ni]. The van der Waals surface area contributed by atoms with E-state index in [9.17, 15) is 0 Å². The van der Waals surface area contributed by atoms with Gasteiger partial charge in [0.05, 0.1) is 0 Å². The summed E-state index contributed by atoms with van der Waals surface area (Å²) in [6.07, 6.45) is 16.4. The van der Waals surface area contributed by atoms with Gasteiger partial charge in [0, 0.05) is 0 Å². The molecule has 0 amide bonds. The Bertz CT molecular complexity index is 195. The molecule has 0 saturated heterocycles. The fourth-order valence-corrected chi connectivity index (χ4v) is 1.11. The number of unbranched alkanes of at least 4 members (excludes halogenated alkanes) is 4. The van der Waals surface area contributed by atoms with E-state index in [0.29, 0.717) is 0 Å². The van der Waals surface area contributed by atoms with E-state index in [1.54, 1.807) is 6.08 Å². The van der Waals surface area contributed by atoms with Crippen molar-refractivity contribution in [3.63, 3.8) is 0 Å². The Hall–Kier alpha value is -0.376. The van der Waals surface area contributed by atoms with Crippen molar-refractivity contribution >= 4 is 4.65 Å². The predicted octanol–water partition coefficient (Wildman–Crippen LogP) is 3.57. The van der Waals surface area contributed by atoms with Gasteiger partial charge in [-0.2, -0.15) is 0 Å². The molecule has 76 valence electrons. The molecule has 0 aliphatic rings. The molecule has 0 nitrogen and oxygen atoms in total. The van der Waals surface area contributed by atoms with E-state index in [-0.39, 0.29) is 0 Å². The monoisotopic (exact) mass is 220 g/mol. The third kappa shape index (κ3) is 11.6. The average Bonchev–Trinajstić information content (AvgIpc) is 2.16. The van der Waals surface area contributed by atoms with Crippen LogP contribution in [-0.4, -0.2) is 4.65 Å². The quantitative estimate of drug-likeness (QED) is 0.350. The maximum atomic E-state index is 4.26. The summed E-state index contributed by atoms with van der Waals surface area (Å²) in [4.78, 5) is 0. The van der Waals surface area contributed by atoms with Gasteiger partial charge in [-0.25, -0.2) is 0 Å². The molecule has 0 aliphatic carbocycles. The summed E-state index contributed by atoms with van der Waals surface area (Å²) in [6, 6.07) is 0. The number of rotatable bonds is 7. The summed E-state index contributed by atoms with van der Waals surface area (Å²) >= 11 is 4.26. The van der Waals surface area contributed by atoms with Crippen molar-refractivity contribution in [3.05, 3.63) is 30.4 Å². The van der Waals surface area contributed by atoms with Gasteiger partial charge >= 0.3 is 89.1 Å². The molecule has 0 aromatic rings. The molecule has 13 heavy (non-hydrogen) atoms. The van der Waals surface area contributed by atoms with Crippen LogP contribution in [0.4, 0.5) is 0 Å². The standard InChI is InChI=1S/C12H18.Ni/c1-3-5-7-9-11-12-10-8-6-4-2;/h4,6,8,10,12H,3,5,7,9,11H2,1H3;/b8-6+,12-10+;. The first-order valence-electron chi connectivity index (χ1n) is 4.90. The van der Waals surface area contributed by atoms with Gasteiger partial charge in [0.25, 0.3) is 0 Å². The van der Waals surface area contributed by atoms with E-state index in [1.807, 2.05) is 12.2 Å². The Morgan fingerprint density at radius 2 is 1.92 bits per heavy atom. The molecule has 0 rings (SSSR count). The van der Waals surface area contributed by atoms with E-state index in [2.05, 4.69) is 38.8 Å². The van der Waals surface area contributed by atoms with Gasteiger partial charge in [-0.3, -0.25) is 0 Å². The van der Waals surface area contributed by atoms with Crippen LogP contribution in [0.25, 0.3) is 0 Å². The second kappa shape index (κ2) is 11.6. The second-order valence-electron chi connectivity index (χ2n) is 2.92. The van der Waals surface area contributed by atoms with E-state index in [4.69, 9.17) is 0 Å². The molecular formula is C12H18Ni. The normalized spacial score (nSPS) is 11.0. The van der Waals surface area contributed by atoms with Crippen LogP contribution < -0.4 is 0 Å². The zero-order chi connectivity index (χ0) is 9.78. The van der Waals surface area contributed by atoms with E-state index in [0.717, 1.165) is 0 Å². The van der Waals surface area contributed by atoms with Gasteiger partial charge < -0.3 is 0 Å². The van der Waals surface area contributed by atoms with Crippen molar-refractivity contribution in [1.82, 2.24) is 0 Å². The molecule has 1 heteroatoms. The van der Waals surface area contributed by atoms with Gasteiger partial charge in [-0.1, -0.05) is 0 Å². The van der Waals surface area contributed by atoms with Crippen LogP contribution >= 0.6 is 0 Å². The third-order valence-corrected chi connectivity index (χ3v) is 1.90. The van der Waals surface area contributed by atoms with Crippen LogP contribution in [0.1, 0.15) is 39.0 Å². The molecule has 0 aromatic carbocycles. The summed E-state index contributed by atoms with van der Waals surface area (Å²) < 4.78 is 2.57. The van der Waals surface area contributed by atoms with Gasteiger partial charge in [0.2, 0.25) is 0 Å². The Balaban J connectivity index is 3.26. The van der Waals surface area contributed by atoms with Gasteiger partial charge in [-0.05, 0) is 0 Å². The molecule has 0 aromatic heterocycles. The van der Waals surface area contributed by atoms with Crippen LogP contribution in [0.5, 0.6) is 0 Å². The third-order valence-electron chi connectivity index (χ3n) is 1.73. The van der Waals surface area contributed by atoms with Crippen molar-refractivity contribution in [2.45, 2.75) is 39.0 Å². The molecule has 0 atom stereocenters. The molecular weight excluding hydrogens is 203 g/mol. The summed E-state index contributed by atoms with van der Waals surface area (Å²) in [5.74, 6) is 0. The molecule has 0 fully saturated rings. The fourth-order valence-electron chi connectivity index (χ4n) is 1.01. The van der Waals surface area contributed by atoms with Crippen LogP contribution in [-0.2, 0) is 15.0 Å². The van der Waals surface area contributed by atoms with Gasteiger partial charge in [-0.15, -0.1) is 0 Å². The summed E-state index contributed by atoms with van der Waals surface area (Å²) in [7, 11) is 0. The Kier molecular flexibility index (Phi) is 11.3. The fraction of sp³-hybridized carbons (Fsp3) is 0.500. The predicted molar refractivity (Wildman–Crippen MR) is 56.6 cm³/mol. The van der Waals surface area contributed by atoms with Gasteiger partial charge in [0.15, 0.2) is 0 Å². The number of allylic oxidation sites excluding steroid dienone is 5. The molecule has 0 saturated carbocycles. The number of hydrogen-bond acceptors (Lipinski definition) is 0. The molecule has 0 heterocycles. The molecule has 0 bridgehead atoms. The van der Waals surface area contributed by atoms with E-state index < -0.39 is 0 Å². The summed E-state index contributed by atoms with van der Waals surface area (Å²) in [5.41, 5.74) is 0. The second-order valence-corrected chi connectivity index (χ2v) is 3.21. The van der Waals surface area contributed by atoms with Gasteiger partial charge in [0.1, 0.15) is 0 Å². The van der Waals surface area contributed by atoms with Crippen LogP contribution in [0.15, 0.2) is 30.4 Å². The number of hydrogen-bond donors (Lipinski definition) is 0. The Labute approximate surface area is 89.3 Å². The van der Waals surface area contributed by atoms with Crippen molar-refractivity contribution in [3.8, 4) is 0 Å². The van der Waals surface area contributed by atoms with Crippen LogP contribution in [0, 0.1) is 0 Å². The zero-order valence-electron chi connectivity index (χ0n) is 8.24. The minimum atomic E-state index is 1.19. The summed E-state index contributed by atoms with van der Waals surface area (Å²) in [5, 5.41) is 0. The Morgan fingerprint density at radius 1 is 1.08 bits per heavy atom. The van der Waals surface area contributed by atoms with Crippen molar-refractivity contribution in [2.75, 3.05) is 0 Å². The first kappa shape index (κ1) is 12.6. The zero-order valence-corrected chi connectivity index (χ0v) is 9.23. The Morgan fingerprint density at radius 3 is 2.62 bits per heavy atom. The minimum absolute atomic E-state index is 1.19. The average molecular weight is 221 g/mol. The summed E-state index contributed by atoms with van der Waals surface area (Å²) in [6.45, 7) is 2.23. The first-order valence-corrected chi connectivity index (χ1v) is 5.39. The topological polar surface area (TPSA) is 0 Å². The van der Waals surface area contributed by atoms with E-state index >= 15 is 0 Å². The molecule has 0 N–H and O–H groups in total. The maximum absolute atomic E-state index is 4.26. The molecule has 0 radical (unpaired) electrons.